The van der Waals surface area contributed by atoms with E-state index in [4.69, 9.17) is 14.2 Å². The standard InChI is InChI=1S/C12H17FN2O5/c1-3-18-6-19-9-4-7(2)20-11(9)15-5-8(13)10(16)14-12(15)17/h5,7,9,11H,3-4,6H2,1-2H3,(H,14,16,17)/t7-,9-,11-/m1/s1. The largest absolute Gasteiger partial charge is 0.356 e. The highest BCUT2D eigenvalue weighted by Crippen LogP contribution is 2.29. The molecule has 0 aromatic carbocycles. The van der Waals surface area contributed by atoms with E-state index in [9.17, 15) is 14.0 Å². The van der Waals surface area contributed by atoms with Crippen LogP contribution in [0, 0.1) is 5.82 Å². The van der Waals surface area contributed by atoms with Gasteiger partial charge in [-0.15, -0.1) is 0 Å². The van der Waals surface area contributed by atoms with Crippen molar-refractivity contribution < 1.29 is 18.6 Å². The van der Waals surface area contributed by atoms with Gasteiger partial charge in [-0.1, -0.05) is 0 Å². The molecule has 8 heteroatoms. The van der Waals surface area contributed by atoms with Gasteiger partial charge in [-0.2, -0.15) is 4.39 Å². The van der Waals surface area contributed by atoms with Crippen LogP contribution in [-0.2, 0) is 14.2 Å². The second-order valence-electron chi connectivity index (χ2n) is 4.53. The summed E-state index contributed by atoms with van der Waals surface area (Å²) in [5.41, 5.74) is -1.79. The first-order valence-corrected chi connectivity index (χ1v) is 6.38. The molecule has 112 valence electrons. The van der Waals surface area contributed by atoms with E-state index in [-0.39, 0.29) is 12.9 Å². The summed E-state index contributed by atoms with van der Waals surface area (Å²) < 4.78 is 30.5. The van der Waals surface area contributed by atoms with Crippen LogP contribution in [0.4, 0.5) is 4.39 Å². The zero-order valence-corrected chi connectivity index (χ0v) is 11.3. The Morgan fingerprint density at radius 2 is 2.30 bits per heavy atom. The zero-order chi connectivity index (χ0) is 14.7. The van der Waals surface area contributed by atoms with Crippen molar-refractivity contribution in [2.24, 2.45) is 0 Å². The first-order chi connectivity index (χ1) is 9.52. The third-order valence-corrected chi connectivity index (χ3v) is 3.02. The number of rotatable bonds is 5. The summed E-state index contributed by atoms with van der Waals surface area (Å²) in [5.74, 6) is -1.05. The third-order valence-electron chi connectivity index (χ3n) is 3.02. The van der Waals surface area contributed by atoms with Gasteiger partial charge >= 0.3 is 5.69 Å². The van der Waals surface area contributed by atoms with Crippen LogP contribution in [0.2, 0.25) is 0 Å². The van der Waals surface area contributed by atoms with Gasteiger partial charge in [0.25, 0.3) is 5.56 Å². The normalized spacial score (nSPS) is 26.1. The maximum atomic E-state index is 13.3. The summed E-state index contributed by atoms with van der Waals surface area (Å²) >= 11 is 0. The second kappa shape index (κ2) is 6.29. The Kier molecular flexibility index (Phi) is 4.69. The van der Waals surface area contributed by atoms with Crippen LogP contribution in [-0.4, -0.2) is 35.2 Å². The molecule has 0 bridgehead atoms. The molecule has 0 radical (unpaired) electrons. The highest BCUT2D eigenvalue weighted by molar-refractivity contribution is 4.91. The van der Waals surface area contributed by atoms with Gasteiger partial charge in [0.2, 0.25) is 5.82 Å². The summed E-state index contributed by atoms with van der Waals surface area (Å²) in [5, 5.41) is 0. The molecule has 0 unspecified atom stereocenters. The van der Waals surface area contributed by atoms with E-state index in [1.165, 1.54) is 0 Å². The summed E-state index contributed by atoms with van der Waals surface area (Å²) in [6.07, 6.45) is 0.00336. The van der Waals surface area contributed by atoms with E-state index >= 15 is 0 Å². The quantitative estimate of drug-likeness (QED) is 0.625. The fourth-order valence-corrected chi connectivity index (χ4v) is 2.09. The van der Waals surface area contributed by atoms with Gasteiger partial charge in [0.15, 0.2) is 6.23 Å². The highest BCUT2D eigenvalue weighted by Gasteiger charge is 2.36. The van der Waals surface area contributed by atoms with Crippen molar-refractivity contribution in [2.45, 2.75) is 38.7 Å². The van der Waals surface area contributed by atoms with Crippen LogP contribution >= 0.6 is 0 Å². The Morgan fingerprint density at radius 1 is 1.55 bits per heavy atom. The summed E-state index contributed by atoms with van der Waals surface area (Å²) in [4.78, 5) is 24.7. The molecule has 1 fully saturated rings. The van der Waals surface area contributed by atoms with E-state index in [2.05, 4.69) is 0 Å². The van der Waals surface area contributed by atoms with Crippen LogP contribution in [0.3, 0.4) is 0 Å². The van der Waals surface area contributed by atoms with Gasteiger partial charge in [0, 0.05) is 13.0 Å². The zero-order valence-electron chi connectivity index (χ0n) is 11.3. The Balaban J connectivity index is 2.23. The number of nitrogens with one attached hydrogen (secondary N) is 1. The summed E-state index contributed by atoms with van der Waals surface area (Å²) in [6.45, 7) is 4.22. The number of halogens is 1. The Hall–Kier alpha value is -1.51. The monoisotopic (exact) mass is 288 g/mol. The molecule has 2 rings (SSSR count). The van der Waals surface area contributed by atoms with Gasteiger partial charge in [-0.25, -0.2) is 4.79 Å². The SMILES string of the molecule is CCOCO[C@@H]1C[C@@H](C)O[C@H]1n1cc(F)c(=O)[nH]c1=O. The van der Waals surface area contributed by atoms with Gasteiger partial charge in [-0.05, 0) is 13.8 Å². The van der Waals surface area contributed by atoms with Crippen molar-refractivity contribution >= 4 is 0 Å². The first-order valence-electron chi connectivity index (χ1n) is 6.38. The van der Waals surface area contributed by atoms with Crippen LogP contribution in [0.5, 0.6) is 0 Å². The van der Waals surface area contributed by atoms with Crippen LogP contribution < -0.4 is 11.2 Å². The number of ether oxygens (including phenoxy) is 3. The predicted molar refractivity (Wildman–Crippen MR) is 66.8 cm³/mol. The third kappa shape index (κ3) is 3.14. The van der Waals surface area contributed by atoms with Gasteiger partial charge in [0.1, 0.15) is 12.9 Å². The number of aromatic amines is 1. The summed E-state index contributed by atoms with van der Waals surface area (Å²) in [7, 11) is 0. The van der Waals surface area contributed by atoms with E-state index < -0.39 is 29.4 Å². The molecule has 0 amide bonds. The maximum Gasteiger partial charge on any atom is 0.330 e. The highest BCUT2D eigenvalue weighted by atomic mass is 19.1. The van der Waals surface area contributed by atoms with E-state index in [1.54, 1.807) is 0 Å². The molecule has 0 aliphatic carbocycles. The molecular weight excluding hydrogens is 271 g/mol. The fourth-order valence-electron chi connectivity index (χ4n) is 2.09. The molecule has 2 heterocycles. The van der Waals surface area contributed by atoms with Gasteiger partial charge in [0.05, 0.1) is 12.3 Å². The number of hydrogen-bond acceptors (Lipinski definition) is 5. The molecule has 1 aromatic heterocycles. The lowest BCUT2D eigenvalue weighted by Gasteiger charge is -2.20. The van der Waals surface area contributed by atoms with Crippen LogP contribution in [0.15, 0.2) is 15.8 Å². The molecular formula is C12H17FN2O5. The van der Waals surface area contributed by atoms with Crippen molar-refractivity contribution in [3.63, 3.8) is 0 Å². The topological polar surface area (TPSA) is 82.6 Å². The minimum Gasteiger partial charge on any atom is -0.356 e. The Labute approximate surface area is 114 Å². The maximum absolute atomic E-state index is 13.3. The second-order valence-corrected chi connectivity index (χ2v) is 4.53. The fraction of sp³-hybridized carbons (Fsp3) is 0.667. The lowest BCUT2D eigenvalue weighted by molar-refractivity contribution is -0.124. The molecule has 3 atom stereocenters. The van der Waals surface area contributed by atoms with E-state index in [0.717, 1.165) is 10.8 Å². The molecule has 20 heavy (non-hydrogen) atoms. The molecule has 1 aliphatic heterocycles. The minimum atomic E-state index is -1.05. The smallest absolute Gasteiger partial charge is 0.330 e. The van der Waals surface area contributed by atoms with Crippen molar-refractivity contribution in [2.75, 3.05) is 13.4 Å². The molecule has 0 spiro atoms. The van der Waals surface area contributed by atoms with Crippen molar-refractivity contribution in [1.29, 1.82) is 0 Å². The average molecular weight is 288 g/mol. The van der Waals surface area contributed by atoms with E-state index in [0.29, 0.717) is 13.0 Å². The minimum absolute atomic E-state index is 0.0638. The van der Waals surface area contributed by atoms with E-state index in [1.807, 2.05) is 18.8 Å². The average Bonchev–Trinajstić information content (AvgIpc) is 2.75. The number of hydrogen-bond donors (Lipinski definition) is 1. The lowest BCUT2D eigenvalue weighted by atomic mass is 10.2. The number of H-pyrrole nitrogens is 1. The molecule has 1 aliphatic rings. The summed E-state index contributed by atoms with van der Waals surface area (Å²) in [6, 6.07) is 0. The number of nitrogens with zero attached hydrogens (tertiary/aromatic N) is 1. The van der Waals surface area contributed by atoms with Crippen LogP contribution in [0.25, 0.3) is 0 Å². The van der Waals surface area contributed by atoms with Crippen molar-refractivity contribution in [1.82, 2.24) is 9.55 Å². The Morgan fingerprint density at radius 3 is 3.00 bits per heavy atom. The number of aromatic nitrogens is 2. The van der Waals surface area contributed by atoms with Crippen molar-refractivity contribution in [3.8, 4) is 0 Å². The molecule has 1 saturated heterocycles. The van der Waals surface area contributed by atoms with Crippen LogP contribution in [0.1, 0.15) is 26.5 Å². The first kappa shape index (κ1) is 14.9. The molecule has 0 saturated carbocycles. The predicted octanol–water partition coefficient (Wildman–Crippen LogP) is 0.362. The lowest BCUT2D eigenvalue weighted by Crippen LogP contribution is -2.37. The molecule has 1 aromatic rings. The Bertz CT molecular complexity index is 570. The molecule has 7 nitrogen and oxygen atoms in total. The molecule has 1 N–H and O–H groups in total. The van der Waals surface area contributed by atoms with Gasteiger partial charge in [-0.3, -0.25) is 14.3 Å². The van der Waals surface area contributed by atoms with Gasteiger partial charge < -0.3 is 14.2 Å². The van der Waals surface area contributed by atoms with Crippen molar-refractivity contribution in [3.05, 3.63) is 32.9 Å².